The van der Waals surface area contributed by atoms with E-state index in [-0.39, 0.29) is 12.2 Å². The maximum absolute atomic E-state index is 10.2. The summed E-state index contributed by atoms with van der Waals surface area (Å²) in [5.74, 6) is 1.34. The summed E-state index contributed by atoms with van der Waals surface area (Å²) < 4.78 is 11.5. The Morgan fingerprint density at radius 3 is 2.48 bits per heavy atom. The first-order valence-electron chi connectivity index (χ1n) is 8.64. The summed E-state index contributed by atoms with van der Waals surface area (Å²) in [4.78, 5) is 2.25. The van der Waals surface area contributed by atoms with Gasteiger partial charge in [0, 0.05) is 19.6 Å². The molecule has 2 rings (SSSR count). The number of benzene rings is 1. The average molecular weight is 321 g/mol. The zero-order chi connectivity index (χ0) is 17.0. The van der Waals surface area contributed by atoms with E-state index in [1.54, 1.807) is 0 Å². The van der Waals surface area contributed by atoms with Crippen LogP contribution in [0.5, 0.6) is 5.75 Å². The number of rotatable bonds is 6. The van der Waals surface area contributed by atoms with E-state index in [0.29, 0.717) is 19.1 Å². The number of hydrogen-bond acceptors (Lipinski definition) is 4. The van der Waals surface area contributed by atoms with Gasteiger partial charge in [-0.15, -0.1) is 0 Å². The van der Waals surface area contributed by atoms with Crippen molar-refractivity contribution in [2.24, 2.45) is 0 Å². The Morgan fingerprint density at radius 1 is 1.26 bits per heavy atom. The largest absolute Gasteiger partial charge is 0.491 e. The summed E-state index contributed by atoms with van der Waals surface area (Å²) in [5.41, 5.74) is 2.58. The summed E-state index contributed by atoms with van der Waals surface area (Å²) in [6, 6.07) is 6.17. The molecular formula is C19H31NO3. The van der Waals surface area contributed by atoms with Gasteiger partial charge in [0.2, 0.25) is 0 Å². The summed E-state index contributed by atoms with van der Waals surface area (Å²) in [6.45, 7) is 13.3. The second-order valence-corrected chi connectivity index (χ2v) is 7.11. The van der Waals surface area contributed by atoms with Crippen LogP contribution in [-0.4, -0.2) is 54.6 Å². The van der Waals surface area contributed by atoms with Crippen molar-refractivity contribution in [3.8, 4) is 5.75 Å². The number of nitrogens with zero attached hydrogens (tertiary/aromatic N) is 1. The fraction of sp³-hybridized carbons (Fsp3) is 0.684. The maximum atomic E-state index is 10.2. The smallest absolute Gasteiger partial charge is 0.119 e. The van der Waals surface area contributed by atoms with Crippen molar-refractivity contribution in [3.63, 3.8) is 0 Å². The Bertz CT molecular complexity index is 493. The molecule has 0 unspecified atom stereocenters. The minimum absolute atomic E-state index is 0.220. The summed E-state index contributed by atoms with van der Waals surface area (Å²) in [6.07, 6.45) is -0.0474. The van der Waals surface area contributed by atoms with Crippen LogP contribution in [-0.2, 0) is 4.74 Å². The number of ether oxygens (including phenoxy) is 2. The molecule has 0 aromatic heterocycles. The highest BCUT2D eigenvalue weighted by Crippen LogP contribution is 2.23. The van der Waals surface area contributed by atoms with Gasteiger partial charge < -0.3 is 14.6 Å². The van der Waals surface area contributed by atoms with Gasteiger partial charge in [0.25, 0.3) is 0 Å². The number of aliphatic hydroxyl groups is 1. The molecule has 1 N–H and O–H groups in total. The molecule has 4 heteroatoms. The average Bonchev–Trinajstić information content (AvgIpc) is 2.43. The van der Waals surface area contributed by atoms with E-state index < -0.39 is 6.10 Å². The van der Waals surface area contributed by atoms with E-state index in [0.717, 1.165) is 18.8 Å². The molecular weight excluding hydrogens is 290 g/mol. The molecule has 130 valence electrons. The second kappa shape index (κ2) is 8.13. The van der Waals surface area contributed by atoms with Crippen molar-refractivity contribution in [1.82, 2.24) is 4.90 Å². The number of aliphatic hydroxyl groups excluding tert-OH is 1. The zero-order valence-electron chi connectivity index (χ0n) is 15.1. The van der Waals surface area contributed by atoms with Gasteiger partial charge in [-0.3, -0.25) is 4.90 Å². The lowest BCUT2D eigenvalue weighted by Crippen LogP contribution is -2.48. The topological polar surface area (TPSA) is 41.9 Å². The predicted octanol–water partition coefficient (Wildman–Crippen LogP) is 2.97. The fourth-order valence-electron chi connectivity index (χ4n) is 3.36. The van der Waals surface area contributed by atoms with Crippen LogP contribution < -0.4 is 4.74 Å². The number of β-amino-alcohol motifs (C(OH)–C–C–N with tert-alkyl or cyclic N) is 1. The minimum atomic E-state index is -0.488. The van der Waals surface area contributed by atoms with E-state index >= 15 is 0 Å². The molecule has 1 aromatic carbocycles. The molecule has 0 amide bonds. The molecule has 1 fully saturated rings. The number of hydrogen-bond donors (Lipinski definition) is 1. The van der Waals surface area contributed by atoms with Gasteiger partial charge in [-0.1, -0.05) is 19.9 Å². The van der Waals surface area contributed by atoms with E-state index in [1.165, 1.54) is 11.1 Å². The maximum Gasteiger partial charge on any atom is 0.119 e. The second-order valence-electron chi connectivity index (χ2n) is 7.11. The highest BCUT2D eigenvalue weighted by molar-refractivity contribution is 5.36. The molecule has 1 aliphatic rings. The van der Waals surface area contributed by atoms with Crippen molar-refractivity contribution >= 4 is 0 Å². The van der Waals surface area contributed by atoms with Crippen molar-refractivity contribution < 1.29 is 14.6 Å². The predicted molar refractivity (Wildman–Crippen MR) is 93.2 cm³/mol. The van der Waals surface area contributed by atoms with E-state index in [4.69, 9.17) is 9.47 Å². The van der Waals surface area contributed by atoms with Crippen molar-refractivity contribution in [2.75, 3.05) is 26.2 Å². The van der Waals surface area contributed by atoms with E-state index in [2.05, 4.69) is 51.7 Å². The van der Waals surface area contributed by atoms with Crippen LogP contribution in [0.25, 0.3) is 0 Å². The first-order chi connectivity index (χ1) is 10.8. The molecule has 1 aromatic rings. The van der Waals surface area contributed by atoms with Crippen LogP contribution in [0.2, 0.25) is 0 Å². The SMILES string of the molecule is Cc1cc(OC[C@@H](O)CN2C[C@@H](C)O[C@H](C)C2)ccc1C(C)C. The first-order valence-corrected chi connectivity index (χ1v) is 8.64. The van der Waals surface area contributed by atoms with Crippen molar-refractivity contribution in [2.45, 2.75) is 58.8 Å². The van der Waals surface area contributed by atoms with Crippen LogP contribution in [0.3, 0.4) is 0 Å². The Labute approximate surface area is 140 Å². The lowest BCUT2D eigenvalue weighted by atomic mass is 9.98. The van der Waals surface area contributed by atoms with Gasteiger partial charge in [-0.25, -0.2) is 0 Å². The monoisotopic (exact) mass is 321 g/mol. The standard InChI is InChI=1S/C19H31NO3/c1-13(2)19-7-6-18(8-14(19)3)22-12-17(21)11-20-9-15(4)23-16(5)10-20/h6-8,13,15-17,21H,9-12H2,1-5H3/t15-,16-,17+/m1/s1. The summed E-state index contributed by atoms with van der Waals surface area (Å²) in [7, 11) is 0. The molecule has 1 heterocycles. The lowest BCUT2D eigenvalue weighted by molar-refractivity contribution is -0.0786. The molecule has 3 atom stereocenters. The van der Waals surface area contributed by atoms with Crippen molar-refractivity contribution in [3.05, 3.63) is 29.3 Å². The highest BCUT2D eigenvalue weighted by Gasteiger charge is 2.23. The fourth-order valence-corrected chi connectivity index (χ4v) is 3.36. The molecule has 4 nitrogen and oxygen atoms in total. The first kappa shape index (κ1) is 18.2. The van der Waals surface area contributed by atoms with Crippen LogP contribution in [0.1, 0.15) is 44.7 Å². The zero-order valence-corrected chi connectivity index (χ0v) is 15.1. The molecule has 0 saturated carbocycles. The van der Waals surface area contributed by atoms with Crippen LogP contribution in [0.15, 0.2) is 18.2 Å². The third kappa shape index (κ3) is 5.48. The van der Waals surface area contributed by atoms with Crippen LogP contribution in [0, 0.1) is 6.92 Å². The molecule has 0 radical (unpaired) electrons. The van der Waals surface area contributed by atoms with Crippen molar-refractivity contribution in [1.29, 1.82) is 0 Å². The van der Waals surface area contributed by atoms with Crippen LogP contribution >= 0.6 is 0 Å². The Kier molecular flexibility index (Phi) is 6.45. The molecule has 0 spiro atoms. The van der Waals surface area contributed by atoms with Gasteiger partial charge in [-0.05, 0) is 49.9 Å². The van der Waals surface area contributed by atoms with E-state index in [9.17, 15) is 5.11 Å². The highest BCUT2D eigenvalue weighted by atomic mass is 16.5. The lowest BCUT2D eigenvalue weighted by Gasteiger charge is -2.36. The Morgan fingerprint density at radius 2 is 1.91 bits per heavy atom. The summed E-state index contributed by atoms with van der Waals surface area (Å²) >= 11 is 0. The Balaban J connectivity index is 1.82. The molecule has 0 bridgehead atoms. The van der Waals surface area contributed by atoms with Gasteiger partial charge in [0.05, 0.1) is 12.2 Å². The van der Waals surface area contributed by atoms with Crippen LogP contribution in [0.4, 0.5) is 0 Å². The molecule has 23 heavy (non-hydrogen) atoms. The van der Waals surface area contributed by atoms with Gasteiger partial charge in [0.15, 0.2) is 0 Å². The van der Waals surface area contributed by atoms with Gasteiger partial charge in [0.1, 0.15) is 18.5 Å². The normalized spacial score (nSPS) is 24.0. The third-order valence-corrected chi connectivity index (χ3v) is 4.27. The minimum Gasteiger partial charge on any atom is -0.491 e. The molecule has 1 saturated heterocycles. The van der Waals surface area contributed by atoms with E-state index in [1.807, 2.05) is 6.07 Å². The molecule has 0 aliphatic carbocycles. The Hall–Kier alpha value is -1.10. The number of morpholine rings is 1. The third-order valence-electron chi connectivity index (χ3n) is 4.27. The van der Waals surface area contributed by atoms with Gasteiger partial charge >= 0.3 is 0 Å². The summed E-state index contributed by atoms with van der Waals surface area (Å²) in [5, 5.41) is 10.2. The quantitative estimate of drug-likeness (QED) is 0.875. The number of aryl methyl sites for hydroxylation is 1. The van der Waals surface area contributed by atoms with Gasteiger partial charge in [-0.2, -0.15) is 0 Å². The molecule has 1 aliphatic heterocycles.